The maximum atomic E-state index is 12.3. The van der Waals surface area contributed by atoms with Gasteiger partial charge in [0.05, 0.1) is 17.9 Å². The predicted octanol–water partition coefficient (Wildman–Crippen LogP) is 1.37. The molecule has 0 atom stereocenters. The maximum absolute atomic E-state index is 12.3. The van der Waals surface area contributed by atoms with E-state index in [9.17, 15) is 18.0 Å². The van der Waals surface area contributed by atoms with Gasteiger partial charge in [0.15, 0.2) is 0 Å². The number of alkyl halides is 3. The van der Waals surface area contributed by atoms with Gasteiger partial charge in [0.2, 0.25) is 0 Å². The normalized spacial score (nSPS) is 16.1. The van der Waals surface area contributed by atoms with E-state index in [1.165, 1.54) is 6.20 Å². The maximum Gasteiger partial charge on any atom is 0.408 e. The van der Waals surface area contributed by atoms with E-state index in [0.29, 0.717) is 16.9 Å². The van der Waals surface area contributed by atoms with Crippen LogP contribution in [0.2, 0.25) is 0 Å². The fraction of sp³-hybridized carbons (Fsp3) is 0.636. The zero-order valence-corrected chi connectivity index (χ0v) is 12.3. The van der Waals surface area contributed by atoms with Crippen LogP contribution in [0.15, 0.2) is 15.5 Å². The quantitative estimate of drug-likeness (QED) is 0.887. The third-order valence-corrected chi connectivity index (χ3v) is 3.89. The van der Waals surface area contributed by atoms with Crippen molar-refractivity contribution in [1.29, 1.82) is 0 Å². The Hall–Kier alpha value is -1.09. The summed E-state index contributed by atoms with van der Waals surface area (Å²) in [6, 6.07) is 0.232. The third-order valence-electron chi connectivity index (χ3n) is 3.15. The van der Waals surface area contributed by atoms with E-state index >= 15 is 0 Å². The molecule has 20 heavy (non-hydrogen) atoms. The standard InChI is InChI=1S/C11H14BrF3N4O/c1-2-18(7-3-16-4-7)8-5-17-19(6-11(13,14)15)10(20)9(8)12/h5,7,16H,2-4,6H2,1H3. The van der Waals surface area contributed by atoms with Crippen molar-refractivity contribution >= 4 is 21.6 Å². The first kappa shape index (κ1) is 15.3. The second-order valence-corrected chi connectivity index (χ2v) is 5.31. The molecule has 2 rings (SSSR count). The molecule has 0 bridgehead atoms. The summed E-state index contributed by atoms with van der Waals surface area (Å²) >= 11 is 3.10. The molecule has 5 nitrogen and oxygen atoms in total. The molecule has 1 fully saturated rings. The molecule has 0 radical (unpaired) electrons. The molecule has 9 heteroatoms. The highest BCUT2D eigenvalue weighted by atomic mass is 79.9. The number of hydrogen-bond donors (Lipinski definition) is 1. The number of halogens is 4. The lowest BCUT2D eigenvalue weighted by Gasteiger charge is -2.39. The Kier molecular flexibility index (Phi) is 4.38. The summed E-state index contributed by atoms with van der Waals surface area (Å²) in [6.07, 6.45) is -3.17. The first-order chi connectivity index (χ1) is 9.33. The zero-order valence-electron chi connectivity index (χ0n) is 10.7. The van der Waals surface area contributed by atoms with E-state index in [2.05, 4.69) is 26.3 Å². The molecule has 1 aliphatic rings. The first-order valence-electron chi connectivity index (χ1n) is 6.13. The molecular weight excluding hydrogens is 341 g/mol. The highest BCUT2D eigenvalue weighted by molar-refractivity contribution is 9.10. The summed E-state index contributed by atoms with van der Waals surface area (Å²) in [4.78, 5) is 13.9. The van der Waals surface area contributed by atoms with Gasteiger partial charge in [-0.05, 0) is 22.9 Å². The minimum Gasteiger partial charge on any atom is -0.364 e. The van der Waals surface area contributed by atoms with E-state index < -0.39 is 18.3 Å². The molecule has 1 N–H and O–H groups in total. The number of rotatable bonds is 4. The molecule has 1 aromatic heterocycles. The van der Waals surface area contributed by atoms with Crippen LogP contribution < -0.4 is 15.8 Å². The number of anilines is 1. The van der Waals surface area contributed by atoms with Gasteiger partial charge in [-0.1, -0.05) is 0 Å². The van der Waals surface area contributed by atoms with Crippen LogP contribution in [0.1, 0.15) is 6.92 Å². The van der Waals surface area contributed by atoms with E-state index in [-0.39, 0.29) is 10.5 Å². The second-order valence-electron chi connectivity index (χ2n) is 4.52. The smallest absolute Gasteiger partial charge is 0.364 e. The molecule has 1 saturated heterocycles. The van der Waals surface area contributed by atoms with Crippen LogP contribution >= 0.6 is 15.9 Å². The van der Waals surface area contributed by atoms with Crippen LogP contribution in [0.5, 0.6) is 0 Å². The van der Waals surface area contributed by atoms with Gasteiger partial charge in [0, 0.05) is 19.6 Å². The Bertz CT molecular complexity index is 541. The molecule has 0 unspecified atom stereocenters. The molecule has 0 saturated carbocycles. The fourth-order valence-corrected chi connectivity index (χ4v) is 2.59. The van der Waals surface area contributed by atoms with Crippen molar-refractivity contribution in [3.05, 3.63) is 21.0 Å². The number of hydrogen-bond acceptors (Lipinski definition) is 4. The zero-order chi connectivity index (χ0) is 14.9. The highest BCUT2D eigenvalue weighted by Gasteiger charge is 2.31. The fourth-order valence-electron chi connectivity index (χ4n) is 2.06. The molecule has 1 aliphatic heterocycles. The summed E-state index contributed by atoms with van der Waals surface area (Å²) in [6.45, 7) is 2.75. The van der Waals surface area contributed by atoms with Crippen LogP contribution in [0.3, 0.4) is 0 Å². The lowest BCUT2D eigenvalue weighted by Crippen LogP contribution is -2.57. The Balaban J connectivity index is 2.32. The minimum absolute atomic E-state index is 0.116. The van der Waals surface area contributed by atoms with Gasteiger partial charge in [-0.25, -0.2) is 4.68 Å². The molecule has 112 valence electrons. The molecule has 0 spiro atoms. The lowest BCUT2D eigenvalue weighted by molar-refractivity contribution is -0.143. The molecule has 0 aromatic carbocycles. The topological polar surface area (TPSA) is 50.2 Å². The number of nitrogens with one attached hydrogen (secondary N) is 1. The first-order valence-corrected chi connectivity index (χ1v) is 6.92. The van der Waals surface area contributed by atoms with Crippen molar-refractivity contribution < 1.29 is 13.2 Å². The molecular formula is C11H14BrF3N4O. The van der Waals surface area contributed by atoms with Crippen LogP contribution in [0.25, 0.3) is 0 Å². The predicted molar refractivity (Wildman–Crippen MR) is 71.9 cm³/mol. The molecule has 1 aromatic rings. The monoisotopic (exact) mass is 354 g/mol. The number of aromatic nitrogens is 2. The molecule has 0 amide bonds. The van der Waals surface area contributed by atoms with Gasteiger partial charge in [-0.3, -0.25) is 4.79 Å². The number of nitrogens with zero attached hydrogens (tertiary/aromatic N) is 3. The Morgan fingerprint density at radius 1 is 1.55 bits per heavy atom. The minimum atomic E-state index is -4.47. The number of likely N-dealkylation sites (N-methyl/N-ethyl adjacent to an activating group) is 1. The van der Waals surface area contributed by atoms with E-state index in [1.54, 1.807) is 0 Å². The van der Waals surface area contributed by atoms with Crippen LogP contribution in [0.4, 0.5) is 18.9 Å². The summed E-state index contributed by atoms with van der Waals surface area (Å²) in [5, 5.41) is 6.74. The second kappa shape index (κ2) is 5.72. The Labute approximate surface area is 121 Å². The van der Waals surface area contributed by atoms with Gasteiger partial charge >= 0.3 is 6.18 Å². The molecule has 2 heterocycles. The summed E-state index contributed by atoms with van der Waals surface area (Å²) in [5.41, 5.74) is -0.243. The van der Waals surface area contributed by atoms with Gasteiger partial charge in [0.25, 0.3) is 5.56 Å². The van der Waals surface area contributed by atoms with Crippen molar-refractivity contribution in [3.8, 4) is 0 Å². The third kappa shape index (κ3) is 3.14. The largest absolute Gasteiger partial charge is 0.408 e. The average Bonchev–Trinajstić information content (AvgIpc) is 2.29. The Morgan fingerprint density at radius 3 is 2.65 bits per heavy atom. The summed E-state index contributed by atoms with van der Waals surface area (Å²) in [7, 11) is 0. The van der Waals surface area contributed by atoms with Crippen molar-refractivity contribution in [2.45, 2.75) is 25.7 Å². The van der Waals surface area contributed by atoms with E-state index in [4.69, 9.17) is 0 Å². The Morgan fingerprint density at radius 2 is 2.20 bits per heavy atom. The van der Waals surface area contributed by atoms with Crippen molar-refractivity contribution in [2.75, 3.05) is 24.5 Å². The molecule has 0 aliphatic carbocycles. The SMILES string of the molecule is CCN(c1cnn(CC(F)(F)F)c(=O)c1Br)C1CNC1. The van der Waals surface area contributed by atoms with Crippen molar-refractivity contribution in [2.24, 2.45) is 0 Å². The van der Waals surface area contributed by atoms with Crippen LogP contribution in [-0.4, -0.2) is 41.6 Å². The summed E-state index contributed by atoms with van der Waals surface area (Å²) in [5.74, 6) is 0. The van der Waals surface area contributed by atoms with E-state index in [0.717, 1.165) is 13.1 Å². The van der Waals surface area contributed by atoms with Gasteiger partial charge < -0.3 is 10.2 Å². The van der Waals surface area contributed by atoms with Gasteiger partial charge in [-0.2, -0.15) is 18.3 Å². The van der Waals surface area contributed by atoms with Crippen molar-refractivity contribution in [3.63, 3.8) is 0 Å². The average molecular weight is 355 g/mol. The highest BCUT2D eigenvalue weighted by Crippen LogP contribution is 2.25. The van der Waals surface area contributed by atoms with Crippen molar-refractivity contribution in [1.82, 2.24) is 15.1 Å². The van der Waals surface area contributed by atoms with Gasteiger partial charge in [0.1, 0.15) is 11.0 Å². The van der Waals surface area contributed by atoms with Crippen LogP contribution in [0, 0.1) is 0 Å². The van der Waals surface area contributed by atoms with Crippen LogP contribution in [-0.2, 0) is 6.54 Å². The lowest BCUT2D eigenvalue weighted by atomic mass is 10.1. The van der Waals surface area contributed by atoms with Gasteiger partial charge in [-0.15, -0.1) is 0 Å². The van der Waals surface area contributed by atoms with E-state index in [1.807, 2.05) is 11.8 Å². The summed E-state index contributed by atoms with van der Waals surface area (Å²) < 4.78 is 37.5.